The normalized spacial score (nSPS) is 11.4. The Morgan fingerprint density at radius 1 is 1.20 bits per heavy atom. The van der Waals surface area contributed by atoms with Gasteiger partial charge in [-0.2, -0.15) is 4.98 Å². The van der Waals surface area contributed by atoms with Gasteiger partial charge in [-0.1, -0.05) is 12.1 Å². The van der Waals surface area contributed by atoms with Crippen molar-refractivity contribution in [1.82, 2.24) is 14.5 Å². The third-order valence-corrected chi connectivity index (χ3v) is 3.12. The molecular weight excluding hydrogens is 261 g/mol. The predicted molar refractivity (Wildman–Crippen MR) is 71.4 cm³/mol. The minimum absolute atomic E-state index is 0.119. The van der Waals surface area contributed by atoms with Crippen molar-refractivity contribution in [3.8, 4) is 6.01 Å². The second-order valence-corrected chi connectivity index (χ2v) is 4.39. The van der Waals surface area contributed by atoms with E-state index in [-0.39, 0.29) is 11.7 Å². The number of benzene rings is 2. The third-order valence-electron chi connectivity index (χ3n) is 3.12. The second-order valence-electron chi connectivity index (χ2n) is 4.39. The highest BCUT2D eigenvalue weighted by Gasteiger charge is 2.14. The van der Waals surface area contributed by atoms with E-state index in [1.807, 2.05) is 12.1 Å². The number of para-hydroxylation sites is 2. The van der Waals surface area contributed by atoms with Crippen molar-refractivity contribution in [2.24, 2.45) is 0 Å². The Morgan fingerprint density at radius 2 is 2.05 bits per heavy atom. The fraction of sp³-hybridized carbons (Fsp3) is 0. The Kier molecular flexibility index (Phi) is 2.09. The van der Waals surface area contributed by atoms with Gasteiger partial charge in [0.05, 0.1) is 11.0 Å². The summed E-state index contributed by atoms with van der Waals surface area (Å²) in [5.41, 5.74) is 1.80. The third kappa shape index (κ3) is 1.48. The quantitative estimate of drug-likeness (QED) is 0.577. The molecule has 0 bridgehead atoms. The molecule has 2 aromatic heterocycles. The SMILES string of the molecule is O=c1[nH]c2ccccc2n1-c1nc2cc(F)ccc2o1. The van der Waals surface area contributed by atoms with Gasteiger partial charge in [-0.3, -0.25) is 0 Å². The molecule has 0 saturated heterocycles. The maximum Gasteiger partial charge on any atom is 0.334 e. The molecule has 4 aromatic rings. The van der Waals surface area contributed by atoms with Crippen molar-refractivity contribution >= 4 is 22.1 Å². The fourth-order valence-corrected chi connectivity index (χ4v) is 2.23. The Hall–Kier alpha value is -2.89. The van der Waals surface area contributed by atoms with Gasteiger partial charge in [-0.25, -0.2) is 13.8 Å². The van der Waals surface area contributed by atoms with E-state index in [1.165, 1.54) is 22.8 Å². The lowest BCUT2D eigenvalue weighted by Gasteiger charge is -1.95. The summed E-state index contributed by atoms with van der Waals surface area (Å²) in [6.45, 7) is 0. The molecule has 0 aliphatic carbocycles. The molecule has 0 amide bonds. The molecule has 2 aromatic carbocycles. The number of nitrogens with zero attached hydrogens (tertiary/aromatic N) is 2. The highest BCUT2D eigenvalue weighted by molar-refractivity contribution is 5.78. The van der Waals surface area contributed by atoms with Crippen LogP contribution >= 0.6 is 0 Å². The maximum atomic E-state index is 13.2. The van der Waals surface area contributed by atoms with Gasteiger partial charge in [0.2, 0.25) is 0 Å². The molecule has 20 heavy (non-hydrogen) atoms. The number of hydrogen-bond donors (Lipinski definition) is 1. The highest BCUT2D eigenvalue weighted by Crippen LogP contribution is 2.21. The zero-order chi connectivity index (χ0) is 13.7. The molecule has 0 aliphatic heterocycles. The number of imidazole rings is 1. The van der Waals surface area contributed by atoms with Crippen LogP contribution in [-0.2, 0) is 0 Å². The number of H-pyrrole nitrogens is 1. The van der Waals surface area contributed by atoms with Gasteiger partial charge in [-0.05, 0) is 24.3 Å². The number of halogens is 1. The average molecular weight is 269 g/mol. The lowest BCUT2D eigenvalue weighted by molar-refractivity contribution is 0.563. The number of rotatable bonds is 1. The molecule has 0 fully saturated rings. The monoisotopic (exact) mass is 269 g/mol. The summed E-state index contributed by atoms with van der Waals surface area (Å²) in [7, 11) is 0. The molecule has 0 saturated carbocycles. The van der Waals surface area contributed by atoms with Gasteiger partial charge < -0.3 is 9.40 Å². The first-order chi connectivity index (χ1) is 9.72. The van der Waals surface area contributed by atoms with Crippen LogP contribution < -0.4 is 5.69 Å². The van der Waals surface area contributed by atoms with Crippen molar-refractivity contribution in [2.45, 2.75) is 0 Å². The largest absolute Gasteiger partial charge is 0.423 e. The average Bonchev–Trinajstić information content (AvgIpc) is 2.97. The number of fused-ring (bicyclic) bond motifs is 2. The molecule has 4 rings (SSSR count). The number of nitrogens with one attached hydrogen (secondary N) is 1. The van der Waals surface area contributed by atoms with Crippen molar-refractivity contribution in [1.29, 1.82) is 0 Å². The Morgan fingerprint density at radius 3 is 2.95 bits per heavy atom. The van der Waals surface area contributed by atoms with Crippen LogP contribution in [0.15, 0.2) is 51.7 Å². The highest BCUT2D eigenvalue weighted by atomic mass is 19.1. The van der Waals surface area contributed by atoms with E-state index in [0.717, 1.165) is 0 Å². The summed E-state index contributed by atoms with van der Waals surface area (Å²) in [6, 6.07) is 11.4. The van der Waals surface area contributed by atoms with E-state index < -0.39 is 5.82 Å². The molecule has 0 spiro atoms. The number of hydrogen-bond acceptors (Lipinski definition) is 3. The lowest BCUT2D eigenvalue weighted by atomic mass is 10.3. The summed E-state index contributed by atoms with van der Waals surface area (Å²) in [5.74, 6) is -0.399. The van der Waals surface area contributed by atoms with Gasteiger partial charge in [0.15, 0.2) is 5.58 Å². The zero-order valence-corrected chi connectivity index (χ0v) is 10.1. The molecule has 2 heterocycles. The zero-order valence-electron chi connectivity index (χ0n) is 10.1. The number of oxazole rings is 1. The molecule has 6 heteroatoms. The van der Waals surface area contributed by atoms with Crippen molar-refractivity contribution in [3.63, 3.8) is 0 Å². The summed E-state index contributed by atoms with van der Waals surface area (Å²) in [5, 5.41) is 0. The minimum atomic E-state index is -0.399. The van der Waals surface area contributed by atoms with E-state index in [1.54, 1.807) is 12.1 Å². The molecule has 1 N–H and O–H groups in total. The van der Waals surface area contributed by atoms with Gasteiger partial charge in [0.1, 0.15) is 11.3 Å². The Bertz CT molecular complexity index is 996. The molecule has 98 valence electrons. The molecule has 0 unspecified atom stereocenters. The molecule has 5 nitrogen and oxygen atoms in total. The van der Waals surface area contributed by atoms with Crippen molar-refractivity contribution in [2.75, 3.05) is 0 Å². The summed E-state index contributed by atoms with van der Waals surface area (Å²) in [4.78, 5) is 18.9. The topological polar surface area (TPSA) is 63.8 Å². The number of aromatic amines is 1. The van der Waals surface area contributed by atoms with Gasteiger partial charge >= 0.3 is 11.7 Å². The smallest absolute Gasteiger partial charge is 0.334 e. The summed E-state index contributed by atoms with van der Waals surface area (Å²) < 4.78 is 20.0. The van der Waals surface area contributed by atoms with E-state index in [0.29, 0.717) is 22.1 Å². The first kappa shape index (κ1) is 11.0. The van der Waals surface area contributed by atoms with E-state index >= 15 is 0 Å². The standard InChI is InChI=1S/C14H8FN3O2/c15-8-5-6-12-10(7-8)17-14(20-12)18-11-4-2-1-3-9(11)16-13(18)19/h1-7H,(H,16,19). The first-order valence-electron chi connectivity index (χ1n) is 5.98. The van der Waals surface area contributed by atoms with Crippen LogP contribution in [0.3, 0.4) is 0 Å². The Balaban J connectivity index is 2.06. The van der Waals surface area contributed by atoms with Crippen LogP contribution in [0.2, 0.25) is 0 Å². The lowest BCUT2D eigenvalue weighted by Crippen LogP contribution is -2.14. The van der Waals surface area contributed by atoms with Crippen LogP contribution in [0, 0.1) is 5.82 Å². The van der Waals surface area contributed by atoms with Crippen LogP contribution in [0.1, 0.15) is 0 Å². The van der Waals surface area contributed by atoms with Crippen LogP contribution in [-0.4, -0.2) is 14.5 Å². The van der Waals surface area contributed by atoms with Crippen molar-refractivity contribution in [3.05, 3.63) is 58.8 Å². The van der Waals surface area contributed by atoms with E-state index in [2.05, 4.69) is 9.97 Å². The van der Waals surface area contributed by atoms with Crippen LogP contribution in [0.25, 0.3) is 28.1 Å². The fourth-order valence-electron chi connectivity index (χ4n) is 2.23. The van der Waals surface area contributed by atoms with E-state index in [9.17, 15) is 9.18 Å². The Labute approximate surface area is 111 Å². The predicted octanol–water partition coefficient (Wildman–Crippen LogP) is 2.60. The van der Waals surface area contributed by atoms with Gasteiger partial charge in [-0.15, -0.1) is 0 Å². The van der Waals surface area contributed by atoms with E-state index in [4.69, 9.17) is 4.42 Å². The van der Waals surface area contributed by atoms with Crippen LogP contribution in [0.4, 0.5) is 4.39 Å². The summed E-state index contributed by atoms with van der Waals surface area (Å²) >= 11 is 0. The van der Waals surface area contributed by atoms with Gasteiger partial charge in [0, 0.05) is 6.07 Å². The van der Waals surface area contributed by atoms with Gasteiger partial charge in [0.25, 0.3) is 0 Å². The number of aromatic nitrogens is 3. The molecule has 0 radical (unpaired) electrons. The van der Waals surface area contributed by atoms with Crippen molar-refractivity contribution < 1.29 is 8.81 Å². The first-order valence-corrected chi connectivity index (χ1v) is 5.98. The molecular formula is C14H8FN3O2. The van der Waals surface area contributed by atoms with Crippen LogP contribution in [0.5, 0.6) is 0 Å². The molecule has 0 aliphatic rings. The summed E-state index contributed by atoms with van der Waals surface area (Å²) in [6.07, 6.45) is 0. The second kappa shape index (κ2) is 3.80. The maximum absolute atomic E-state index is 13.2. The minimum Gasteiger partial charge on any atom is -0.423 e. The molecule has 0 atom stereocenters.